The van der Waals surface area contributed by atoms with E-state index in [9.17, 15) is 14.4 Å². The number of fused-ring (bicyclic) bond motifs is 6. The minimum Gasteiger partial charge on any atom is -0.457 e. The highest BCUT2D eigenvalue weighted by Gasteiger charge is 2.36. The van der Waals surface area contributed by atoms with Crippen LogP contribution in [0.1, 0.15) is 58.6 Å². The van der Waals surface area contributed by atoms with Gasteiger partial charge in [0.2, 0.25) is 11.8 Å². The van der Waals surface area contributed by atoms with Crippen molar-refractivity contribution in [1.82, 2.24) is 24.9 Å². The highest BCUT2D eigenvalue weighted by Crippen LogP contribution is 2.28. The summed E-state index contributed by atoms with van der Waals surface area (Å²) >= 11 is 0. The van der Waals surface area contributed by atoms with Crippen LogP contribution in [0.3, 0.4) is 0 Å². The van der Waals surface area contributed by atoms with Crippen LogP contribution in [-0.2, 0) is 47.2 Å². The number of carbonyl (C=O) groups excluding carboxylic acids is 3. The second-order valence-electron chi connectivity index (χ2n) is 11.8. The first-order valence-electron chi connectivity index (χ1n) is 15.2. The summed E-state index contributed by atoms with van der Waals surface area (Å²) in [6, 6.07) is 15.0. The van der Waals surface area contributed by atoms with E-state index in [0.29, 0.717) is 49.7 Å². The fourth-order valence-electron chi connectivity index (χ4n) is 6.35. The molecule has 1 aliphatic carbocycles. The van der Waals surface area contributed by atoms with Gasteiger partial charge in [0, 0.05) is 39.2 Å². The number of piperidine rings is 1. The molecular formula is C33H39N5O5. The lowest BCUT2D eigenvalue weighted by Crippen LogP contribution is -2.58. The van der Waals surface area contributed by atoms with E-state index in [-0.39, 0.29) is 36.8 Å². The minimum absolute atomic E-state index is 0.0642. The van der Waals surface area contributed by atoms with Crippen LogP contribution in [0.2, 0.25) is 0 Å². The van der Waals surface area contributed by atoms with Gasteiger partial charge in [0.05, 0.1) is 31.0 Å². The molecular weight excluding hydrogens is 546 g/mol. The van der Waals surface area contributed by atoms with Crippen LogP contribution >= 0.6 is 0 Å². The van der Waals surface area contributed by atoms with Gasteiger partial charge in [-0.25, -0.2) is 0 Å². The number of ether oxygens (including phenoxy) is 2. The van der Waals surface area contributed by atoms with Crippen molar-refractivity contribution in [2.75, 3.05) is 26.7 Å². The molecule has 3 amide bonds. The summed E-state index contributed by atoms with van der Waals surface area (Å²) in [6.45, 7) is 1.07. The van der Waals surface area contributed by atoms with Crippen molar-refractivity contribution in [2.45, 2.75) is 63.7 Å². The number of amides is 3. The number of nitrogens with one attached hydrogen (secondary N) is 1. The summed E-state index contributed by atoms with van der Waals surface area (Å²) in [7, 11) is 3.48. The normalized spacial score (nSPS) is 21.5. The third-order valence-electron chi connectivity index (χ3n) is 8.64. The standard InChI is InChI=1S/C33H39N5O5/c1-36-20-30(39)34-28-19-38(33(41)32-26-11-3-4-12-27(26)35-37(32)2)16-15-29(28)42-21-23-8-6-10-25(18-23)43-24-9-5-7-22(17-24)13-14-31(36)40/h5-10,17-18,28-29H,3-4,11-16,19-21H2,1-2H3,(H,34,39)/t28-,29+/m0/s1. The van der Waals surface area contributed by atoms with Crippen molar-refractivity contribution in [3.8, 4) is 11.5 Å². The number of rotatable bonds is 1. The van der Waals surface area contributed by atoms with Gasteiger partial charge in [0.1, 0.15) is 17.2 Å². The van der Waals surface area contributed by atoms with Gasteiger partial charge in [0.15, 0.2) is 0 Å². The van der Waals surface area contributed by atoms with E-state index >= 15 is 0 Å². The number of aromatic nitrogens is 2. The highest BCUT2D eigenvalue weighted by atomic mass is 16.5. The van der Waals surface area contributed by atoms with Gasteiger partial charge in [-0.3, -0.25) is 19.1 Å². The Hall–Kier alpha value is -4.18. The zero-order chi connectivity index (χ0) is 29.9. The molecule has 43 heavy (non-hydrogen) atoms. The lowest BCUT2D eigenvalue weighted by molar-refractivity contribution is -0.135. The second kappa shape index (κ2) is 12.6. The third kappa shape index (κ3) is 6.59. The first-order valence-corrected chi connectivity index (χ1v) is 15.2. The Bertz CT molecular complexity index is 1520. The van der Waals surface area contributed by atoms with Crippen LogP contribution in [-0.4, -0.2) is 76.1 Å². The molecule has 1 N–H and O–H groups in total. The predicted molar refractivity (Wildman–Crippen MR) is 160 cm³/mol. The van der Waals surface area contributed by atoms with E-state index in [1.54, 1.807) is 16.6 Å². The molecule has 0 radical (unpaired) electrons. The summed E-state index contributed by atoms with van der Waals surface area (Å²) in [6.07, 6.45) is 4.96. The van der Waals surface area contributed by atoms with Crippen molar-refractivity contribution < 1.29 is 23.9 Å². The van der Waals surface area contributed by atoms with Crippen LogP contribution in [0.15, 0.2) is 48.5 Å². The molecule has 10 nitrogen and oxygen atoms in total. The quantitative estimate of drug-likeness (QED) is 0.469. The van der Waals surface area contributed by atoms with Crippen LogP contribution < -0.4 is 10.1 Å². The molecule has 6 rings (SSSR count). The molecule has 3 heterocycles. The molecule has 226 valence electrons. The van der Waals surface area contributed by atoms with Crippen molar-refractivity contribution in [2.24, 2.45) is 7.05 Å². The molecule has 1 saturated heterocycles. The summed E-state index contributed by atoms with van der Waals surface area (Å²) in [4.78, 5) is 43.2. The molecule has 2 aromatic carbocycles. The van der Waals surface area contributed by atoms with E-state index in [4.69, 9.17) is 9.47 Å². The van der Waals surface area contributed by atoms with E-state index < -0.39 is 6.04 Å². The second-order valence-corrected chi connectivity index (χ2v) is 11.8. The van der Waals surface area contributed by atoms with Gasteiger partial charge < -0.3 is 24.6 Å². The van der Waals surface area contributed by atoms with Gasteiger partial charge in [-0.1, -0.05) is 24.3 Å². The molecule has 0 unspecified atom stereocenters. The van der Waals surface area contributed by atoms with Gasteiger partial charge in [-0.15, -0.1) is 0 Å². The van der Waals surface area contributed by atoms with E-state index in [0.717, 1.165) is 48.1 Å². The molecule has 2 aliphatic heterocycles. The molecule has 2 atom stereocenters. The Balaban J connectivity index is 1.23. The smallest absolute Gasteiger partial charge is 0.272 e. The maximum absolute atomic E-state index is 13.8. The van der Waals surface area contributed by atoms with Crippen LogP contribution in [0, 0.1) is 0 Å². The SMILES string of the molecule is CN1CC(=O)N[C@H]2CN(C(=O)c3c4c(nn3C)CCCC4)CC[C@H]2OCc2cccc(c2)Oc2cccc(c2)CCC1=O. The first kappa shape index (κ1) is 28.9. The molecule has 0 spiro atoms. The van der Waals surface area contributed by atoms with Crippen molar-refractivity contribution in [3.63, 3.8) is 0 Å². The minimum atomic E-state index is -0.434. The first-order chi connectivity index (χ1) is 20.8. The third-order valence-corrected chi connectivity index (χ3v) is 8.64. The maximum Gasteiger partial charge on any atom is 0.272 e. The van der Waals surface area contributed by atoms with Gasteiger partial charge in [0.25, 0.3) is 5.91 Å². The molecule has 0 saturated carbocycles. The van der Waals surface area contributed by atoms with Gasteiger partial charge in [-0.2, -0.15) is 5.10 Å². The number of hydrogen-bond acceptors (Lipinski definition) is 6. The zero-order valence-corrected chi connectivity index (χ0v) is 24.9. The van der Waals surface area contributed by atoms with Crippen LogP contribution in [0.4, 0.5) is 0 Å². The number of likely N-dealkylation sites (N-methyl/N-ethyl adjacent to an activating group) is 1. The fraction of sp³-hybridized carbons (Fsp3) is 0.455. The monoisotopic (exact) mass is 585 g/mol. The van der Waals surface area contributed by atoms with Crippen molar-refractivity contribution >= 4 is 17.7 Å². The van der Waals surface area contributed by atoms with Gasteiger partial charge >= 0.3 is 0 Å². The Morgan fingerprint density at radius 3 is 2.51 bits per heavy atom. The zero-order valence-electron chi connectivity index (χ0n) is 24.9. The molecule has 3 aliphatic rings. The Morgan fingerprint density at radius 2 is 1.70 bits per heavy atom. The molecule has 4 bridgehead atoms. The molecule has 10 heteroatoms. The van der Waals surface area contributed by atoms with Crippen LogP contribution in [0.25, 0.3) is 0 Å². The van der Waals surface area contributed by atoms with Crippen molar-refractivity contribution in [1.29, 1.82) is 0 Å². The van der Waals surface area contributed by atoms with E-state index in [1.807, 2.05) is 55.6 Å². The molecule has 3 aromatic rings. The highest BCUT2D eigenvalue weighted by molar-refractivity contribution is 5.94. The van der Waals surface area contributed by atoms with E-state index in [2.05, 4.69) is 10.4 Å². The van der Waals surface area contributed by atoms with Crippen LogP contribution in [0.5, 0.6) is 11.5 Å². The Kier molecular flexibility index (Phi) is 8.47. The summed E-state index contributed by atoms with van der Waals surface area (Å²) in [5.74, 6) is 0.930. The van der Waals surface area contributed by atoms with Gasteiger partial charge in [-0.05, 0) is 73.9 Å². The Labute approximate surface area is 251 Å². The summed E-state index contributed by atoms with van der Waals surface area (Å²) < 4.78 is 14.3. The average molecular weight is 586 g/mol. The lowest BCUT2D eigenvalue weighted by atomic mass is 9.95. The topological polar surface area (TPSA) is 106 Å². The Morgan fingerprint density at radius 1 is 0.953 bits per heavy atom. The number of carbonyl (C=O) groups is 3. The number of benzene rings is 2. The number of nitrogens with zero attached hydrogens (tertiary/aromatic N) is 4. The number of hydrogen-bond donors (Lipinski definition) is 1. The molecule has 1 aromatic heterocycles. The summed E-state index contributed by atoms with van der Waals surface area (Å²) in [5.41, 5.74) is 4.65. The summed E-state index contributed by atoms with van der Waals surface area (Å²) in [5, 5.41) is 7.73. The largest absolute Gasteiger partial charge is 0.457 e. The van der Waals surface area contributed by atoms with Crippen molar-refractivity contribution in [3.05, 3.63) is 76.6 Å². The lowest BCUT2D eigenvalue weighted by Gasteiger charge is -2.39. The number of aryl methyl sites for hydroxylation is 3. The van der Waals surface area contributed by atoms with E-state index in [1.165, 1.54) is 4.90 Å². The fourth-order valence-corrected chi connectivity index (χ4v) is 6.35. The maximum atomic E-state index is 13.8. The molecule has 1 fully saturated rings. The predicted octanol–water partition coefficient (Wildman–Crippen LogP) is 3.41. The average Bonchev–Trinajstić information content (AvgIpc) is 3.34. The number of likely N-dealkylation sites (tertiary alicyclic amines) is 1.